The first-order chi connectivity index (χ1) is 10.7. The van der Waals surface area contributed by atoms with Crippen molar-refractivity contribution in [3.63, 3.8) is 0 Å². The number of carbonyl (C=O) groups excluding carboxylic acids is 1. The maximum atomic E-state index is 12.3. The van der Waals surface area contributed by atoms with E-state index in [9.17, 15) is 9.90 Å². The number of rotatable bonds is 2. The molecule has 112 valence electrons. The van der Waals surface area contributed by atoms with Crippen LogP contribution in [0, 0.1) is 0 Å². The zero-order chi connectivity index (χ0) is 15.1. The molecule has 4 rings (SSSR count). The van der Waals surface area contributed by atoms with Gasteiger partial charge in [0.05, 0.1) is 18.3 Å². The Hall–Kier alpha value is -2.40. The predicted octanol–water partition coefficient (Wildman–Crippen LogP) is 1.50. The number of hydrogen-bond donors (Lipinski definition) is 1. The predicted molar refractivity (Wildman–Crippen MR) is 80.8 cm³/mol. The molecule has 2 aliphatic rings. The minimum atomic E-state index is -0.392. The Labute approximate surface area is 128 Å². The van der Waals surface area contributed by atoms with Crippen molar-refractivity contribution in [2.45, 2.75) is 12.5 Å². The van der Waals surface area contributed by atoms with Crippen LogP contribution in [0.15, 0.2) is 36.7 Å². The fraction of sp³-hybridized carbons (Fsp3) is 0.294. The summed E-state index contributed by atoms with van der Waals surface area (Å²) in [5.74, 6) is 0.864. The number of benzene rings is 1. The Morgan fingerprint density at radius 3 is 2.91 bits per heavy atom. The van der Waals surface area contributed by atoms with E-state index >= 15 is 0 Å². The first kappa shape index (κ1) is 13.3. The number of β-amino-alcohol motifs (C(OH)–C–C–N with tert-alkyl or cyclic N) is 1. The highest BCUT2D eigenvalue weighted by Crippen LogP contribution is 2.30. The number of pyridine rings is 1. The van der Waals surface area contributed by atoms with Crippen LogP contribution in [0.2, 0.25) is 0 Å². The highest BCUT2D eigenvalue weighted by Gasteiger charge is 2.29. The van der Waals surface area contributed by atoms with Crippen LogP contribution in [-0.2, 0) is 6.42 Å². The summed E-state index contributed by atoms with van der Waals surface area (Å²) in [5, 5.41) is 9.31. The first-order valence-electron chi connectivity index (χ1n) is 7.39. The second-order valence-corrected chi connectivity index (χ2v) is 5.75. The molecule has 0 radical (unpaired) electrons. The summed E-state index contributed by atoms with van der Waals surface area (Å²) >= 11 is 0. The molecule has 1 fully saturated rings. The van der Waals surface area contributed by atoms with Gasteiger partial charge in [-0.2, -0.15) is 0 Å². The Morgan fingerprint density at radius 1 is 1.23 bits per heavy atom. The van der Waals surface area contributed by atoms with Crippen LogP contribution in [0.5, 0.6) is 5.75 Å². The Kier molecular flexibility index (Phi) is 3.08. The average molecular weight is 296 g/mol. The molecule has 22 heavy (non-hydrogen) atoms. The van der Waals surface area contributed by atoms with Gasteiger partial charge < -0.3 is 14.7 Å². The van der Waals surface area contributed by atoms with Crippen molar-refractivity contribution < 1.29 is 14.6 Å². The summed E-state index contributed by atoms with van der Waals surface area (Å²) in [4.78, 5) is 18.1. The van der Waals surface area contributed by atoms with Crippen molar-refractivity contribution in [1.82, 2.24) is 9.88 Å². The standard InChI is InChI=1S/C17H16N2O3/c20-15-9-19(10-15)17(21)14-6-13(7-18-8-14)11-1-2-16-12(5-11)3-4-22-16/h1-2,5-8,15,20H,3-4,9-10H2. The summed E-state index contributed by atoms with van der Waals surface area (Å²) in [6, 6.07) is 7.92. The Balaban J connectivity index is 1.63. The van der Waals surface area contributed by atoms with Gasteiger partial charge in [0.25, 0.3) is 5.91 Å². The molecule has 0 aliphatic carbocycles. The lowest BCUT2D eigenvalue weighted by molar-refractivity contribution is 0.00587. The van der Waals surface area contributed by atoms with Gasteiger partial charge in [-0.05, 0) is 29.3 Å². The van der Waals surface area contributed by atoms with Crippen LogP contribution in [0.25, 0.3) is 11.1 Å². The van der Waals surface area contributed by atoms with Gasteiger partial charge in [-0.25, -0.2) is 0 Å². The fourth-order valence-corrected chi connectivity index (χ4v) is 2.88. The molecule has 3 heterocycles. The zero-order valence-electron chi connectivity index (χ0n) is 12.0. The smallest absolute Gasteiger partial charge is 0.255 e. The second-order valence-electron chi connectivity index (χ2n) is 5.75. The van der Waals surface area contributed by atoms with Gasteiger partial charge >= 0.3 is 0 Å². The van der Waals surface area contributed by atoms with Crippen molar-refractivity contribution in [1.29, 1.82) is 0 Å². The minimum Gasteiger partial charge on any atom is -0.493 e. The number of aromatic nitrogens is 1. The molecule has 2 aliphatic heterocycles. The van der Waals surface area contributed by atoms with Gasteiger partial charge in [0.1, 0.15) is 5.75 Å². The number of likely N-dealkylation sites (tertiary alicyclic amines) is 1. The van der Waals surface area contributed by atoms with E-state index in [0.29, 0.717) is 18.7 Å². The largest absolute Gasteiger partial charge is 0.493 e. The molecule has 0 bridgehead atoms. The molecule has 0 saturated carbocycles. The molecule has 0 atom stereocenters. The number of aliphatic hydroxyl groups excluding tert-OH is 1. The highest BCUT2D eigenvalue weighted by molar-refractivity contribution is 5.95. The van der Waals surface area contributed by atoms with Crippen LogP contribution < -0.4 is 4.74 Å². The number of ether oxygens (including phenoxy) is 1. The number of aliphatic hydroxyl groups is 1. The van der Waals surface area contributed by atoms with E-state index < -0.39 is 6.10 Å². The topological polar surface area (TPSA) is 62.7 Å². The van der Waals surface area contributed by atoms with Crippen LogP contribution in [-0.4, -0.2) is 46.7 Å². The van der Waals surface area contributed by atoms with E-state index in [1.807, 2.05) is 18.2 Å². The van der Waals surface area contributed by atoms with Gasteiger partial charge in [-0.3, -0.25) is 9.78 Å². The zero-order valence-corrected chi connectivity index (χ0v) is 12.0. The third-order valence-corrected chi connectivity index (χ3v) is 4.16. The van der Waals surface area contributed by atoms with Crippen LogP contribution >= 0.6 is 0 Å². The third-order valence-electron chi connectivity index (χ3n) is 4.16. The van der Waals surface area contributed by atoms with E-state index in [1.165, 1.54) is 5.56 Å². The van der Waals surface area contributed by atoms with E-state index in [4.69, 9.17) is 4.74 Å². The average Bonchev–Trinajstić information content (AvgIpc) is 2.99. The maximum absolute atomic E-state index is 12.3. The van der Waals surface area contributed by atoms with Crippen LogP contribution in [0.1, 0.15) is 15.9 Å². The molecule has 1 aromatic heterocycles. The molecule has 5 heteroatoms. The first-order valence-corrected chi connectivity index (χ1v) is 7.39. The fourth-order valence-electron chi connectivity index (χ4n) is 2.88. The van der Waals surface area contributed by atoms with Crippen molar-refractivity contribution in [2.75, 3.05) is 19.7 Å². The molecule has 2 aromatic rings. The number of amides is 1. The van der Waals surface area contributed by atoms with Crippen LogP contribution in [0.3, 0.4) is 0 Å². The lowest BCUT2D eigenvalue weighted by atomic mass is 10.0. The summed E-state index contributed by atoms with van der Waals surface area (Å²) < 4.78 is 5.51. The summed E-state index contributed by atoms with van der Waals surface area (Å²) in [7, 11) is 0. The Bertz CT molecular complexity index is 738. The van der Waals surface area contributed by atoms with Crippen molar-refractivity contribution in [2.24, 2.45) is 0 Å². The number of carbonyl (C=O) groups is 1. The van der Waals surface area contributed by atoms with Gasteiger partial charge in [0.2, 0.25) is 0 Å². The summed E-state index contributed by atoms with van der Waals surface area (Å²) in [5.41, 5.74) is 3.71. The third kappa shape index (κ3) is 2.23. The molecular formula is C17H16N2O3. The molecular weight excluding hydrogens is 280 g/mol. The van der Waals surface area contributed by atoms with Crippen LogP contribution in [0.4, 0.5) is 0 Å². The molecule has 1 saturated heterocycles. The van der Waals surface area contributed by atoms with E-state index in [-0.39, 0.29) is 5.91 Å². The van der Waals surface area contributed by atoms with Gasteiger partial charge in [0.15, 0.2) is 0 Å². The minimum absolute atomic E-state index is 0.0795. The molecule has 1 amide bonds. The quantitative estimate of drug-likeness (QED) is 0.912. The van der Waals surface area contributed by atoms with E-state index in [0.717, 1.165) is 29.9 Å². The molecule has 1 N–H and O–H groups in total. The van der Waals surface area contributed by atoms with E-state index in [2.05, 4.69) is 11.1 Å². The highest BCUT2D eigenvalue weighted by atomic mass is 16.5. The maximum Gasteiger partial charge on any atom is 0.255 e. The molecule has 5 nitrogen and oxygen atoms in total. The van der Waals surface area contributed by atoms with Gasteiger partial charge in [0, 0.05) is 37.5 Å². The van der Waals surface area contributed by atoms with Crippen molar-refractivity contribution in [3.8, 4) is 16.9 Å². The van der Waals surface area contributed by atoms with Crippen molar-refractivity contribution >= 4 is 5.91 Å². The molecule has 0 unspecified atom stereocenters. The monoisotopic (exact) mass is 296 g/mol. The number of nitrogens with zero attached hydrogens (tertiary/aromatic N) is 2. The van der Waals surface area contributed by atoms with Gasteiger partial charge in [-0.15, -0.1) is 0 Å². The molecule has 0 spiro atoms. The molecule has 1 aromatic carbocycles. The van der Waals surface area contributed by atoms with E-state index in [1.54, 1.807) is 17.3 Å². The number of hydrogen-bond acceptors (Lipinski definition) is 4. The SMILES string of the molecule is O=C(c1cncc(-c2ccc3c(c2)CCO3)c1)N1CC(O)C1. The lowest BCUT2D eigenvalue weighted by Gasteiger charge is -2.35. The normalized spacial score (nSPS) is 16.9. The van der Waals surface area contributed by atoms with Crippen molar-refractivity contribution in [3.05, 3.63) is 47.8 Å². The Morgan fingerprint density at radius 2 is 2.09 bits per heavy atom. The number of fused-ring (bicyclic) bond motifs is 1. The van der Waals surface area contributed by atoms with Gasteiger partial charge in [-0.1, -0.05) is 6.07 Å². The summed E-state index contributed by atoms with van der Waals surface area (Å²) in [6.07, 6.45) is 3.87. The lowest BCUT2D eigenvalue weighted by Crippen LogP contribution is -2.53. The summed E-state index contributed by atoms with van der Waals surface area (Å²) in [6.45, 7) is 1.53. The second kappa shape index (κ2) is 5.10.